The molecule has 2 unspecified atom stereocenters. The number of carbonyl (C=O) groups is 1. The van der Waals surface area contributed by atoms with Crippen molar-refractivity contribution in [2.45, 2.75) is 52.2 Å². The Kier molecular flexibility index (Phi) is 7.15. The molecule has 1 aliphatic heterocycles. The molecule has 0 radical (unpaired) electrons. The fourth-order valence-corrected chi connectivity index (χ4v) is 4.27. The normalized spacial score (nSPS) is 20.2. The predicted molar refractivity (Wildman–Crippen MR) is 127 cm³/mol. The summed E-state index contributed by atoms with van der Waals surface area (Å²) in [6, 6.07) is 12.9. The minimum Gasteiger partial charge on any atom is -0.354 e. The summed E-state index contributed by atoms with van der Waals surface area (Å²) in [7, 11) is 0. The van der Waals surface area contributed by atoms with Gasteiger partial charge in [0.25, 0.3) is 0 Å². The maximum atomic E-state index is 13.4. The molecule has 4 rings (SSSR count). The largest absolute Gasteiger partial charge is 0.354 e. The van der Waals surface area contributed by atoms with Crippen molar-refractivity contribution in [3.8, 4) is 22.6 Å². The van der Waals surface area contributed by atoms with Crippen molar-refractivity contribution >= 4 is 5.91 Å². The van der Waals surface area contributed by atoms with Gasteiger partial charge < -0.3 is 5.32 Å². The molecule has 3 aromatic rings. The van der Waals surface area contributed by atoms with Crippen molar-refractivity contribution in [3.63, 3.8) is 0 Å². The molecule has 2 aromatic heterocycles. The molecular formula is C25H31FN6O. The summed E-state index contributed by atoms with van der Waals surface area (Å²) < 4.78 is 15.2. The molecule has 0 saturated carbocycles. The highest BCUT2D eigenvalue weighted by Gasteiger charge is 2.29. The van der Waals surface area contributed by atoms with Gasteiger partial charge in [-0.3, -0.25) is 25.3 Å². The van der Waals surface area contributed by atoms with Crippen molar-refractivity contribution in [2.75, 3.05) is 6.54 Å². The summed E-state index contributed by atoms with van der Waals surface area (Å²) in [6.07, 6.45) is 3.15. The van der Waals surface area contributed by atoms with E-state index >= 15 is 0 Å². The van der Waals surface area contributed by atoms with Gasteiger partial charge in [-0.05, 0) is 75.1 Å². The molecule has 1 fully saturated rings. The number of hydrazine groups is 1. The third-order valence-electron chi connectivity index (χ3n) is 6.27. The molecule has 1 aliphatic rings. The zero-order chi connectivity index (χ0) is 23.4. The number of aryl methyl sites for hydroxylation is 1. The number of rotatable bonds is 8. The van der Waals surface area contributed by atoms with Gasteiger partial charge >= 0.3 is 0 Å². The van der Waals surface area contributed by atoms with Crippen LogP contribution in [0.1, 0.15) is 32.3 Å². The Labute approximate surface area is 193 Å². The first-order valence-corrected chi connectivity index (χ1v) is 11.5. The standard InChI is InChI=1S/C25H31FN6O/c1-16-4-10-22(28-15-16)24-14-23(19-5-7-20(26)8-6-19)31-32(24)13-12-27-25(33)11-9-21-17(2)29-30-18(21)3/h4-8,10,14-15,17-18,21,29-30H,9,11-13H2,1-3H3,(H,27,33). The summed E-state index contributed by atoms with van der Waals surface area (Å²) in [5.74, 6) is 0.191. The molecule has 33 heavy (non-hydrogen) atoms. The second-order valence-electron chi connectivity index (χ2n) is 8.78. The van der Waals surface area contributed by atoms with E-state index in [1.807, 2.05) is 36.0 Å². The number of hydrogen-bond donors (Lipinski definition) is 3. The lowest BCUT2D eigenvalue weighted by Crippen LogP contribution is -2.30. The van der Waals surface area contributed by atoms with E-state index in [0.29, 0.717) is 37.5 Å². The van der Waals surface area contributed by atoms with E-state index in [-0.39, 0.29) is 11.7 Å². The van der Waals surface area contributed by atoms with Gasteiger partial charge in [-0.2, -0.15) is 5.10 Å². The van der Waals surface area contributed by atoms with Crippen LogP contribution in [0.3, 0.4) is 0 Å². The van der Waals surface area contributed by atoms with E-state index in [1.165, 1.54) is 12.1 Å². The molecule has 0 bridgehead atoms. The zero-order valence-electron chi connectivity index (χ0n) is 19.3. The molecule has 7 nitrogen and oxygen atoms in total. The third-order valence-corrected chi connectivity index (χ3v) is 6.27. The summed E-state index contributed by atoms with van der Waals surface area (Å²) >= 11 is 0. The molecule has 1 saturated heterocycles. The second kappa shape index (κ2) is 10.2. The average molecular weight is 451 g/mol. The SMILES string of the molecule is Cc1ccc(-c2cc(-c3ccc(F)cc3)nn2CCNC(=O)CCC2C(C)NNC2C)nc1. The van der Waals surface area contributed by atoms with Crippen molar-refractivity contribution < 1.29 is 9.18 Å². The van der Waals surface area contributed by atoms with E-state index in [4.69, 9.17) is 5.10 Å². The fourth-order valence-electron chi connectivity index (χ4n) is 4.27. The number of amides is 1. The van der Waals surface area contributed by atoms with E-state index in [9.17, 15) is 9.18 Å². The Morgan fingerprint density at radius 3 is 2.48 bits per heavy atom. The number of halogens is 1. The van der Waals surface area contributed by atoms with Gasteiger partial charge in [0, 0.05) is 36.8 Å². The molecule has 2 atom stereocenters. The van der Waals surface area contributed by atoms with Crippen LogP contribution in [0.2, 0.25) is 0 Å². The van der Waals surface area contributed by atoms with Crippen molar-refractivity contribution in [2.24, 2.45) is 5.92 Å². The quantitative estimate of drug-likeness (QED) is 0.490. The van der Waals surface area contributed by atoms with Gasteiger partial charge in [0.2, 0.25) is 5.91 Å². The van der Waals surface area contributed by atoms with Gasteiger partial charge in [0.15, 0.2) is 0 Å². The predicted octanol–water partition coefficient (Wildman–Crippen LogP) is 3.46. The lowest BCUT2D eigenvalue weighted by molar-refractivity contribution is -0.121. The van der Waals surface area contributed by atoms with Crippen LogP contribution in [0.4, 0.5) is 4.39 Å². The Balaban J connectivity index is 1.42. The Hall–Kier alpha value is -3.10. The number of carbonyl (C=O) groups excluding carboxylic acids is 1. The molecule has 3 heterocycles. The number of hydrogen-bond acceptors (Lipinski definition) is 5. The number of aromatic nitrogens is 3. The topological polar surface area (TPSA) is 83.9 Å². The summed E-state index contributed by atoms with van der Waals surface area (Å²) in [5.41, 5.74) is 10.8. The molecule has 3 N–H and O–H groups in total. The van der Waals surface area contributed by atoms with Crippen LogP contribution in [0.15, 0.2) is 48.7 Å². The Morgan fingerprint density at radius 2 is 1.82 bits per heavy atom. The van der Waals surface area contributed by atoms with E-state index in [0.717, 1.165) is 34.6 Å². The number of nitrogens with zero attached hydrogens (tertiary/aromatic N) is 3. The lowest BCUT2D eigenvalue weighted by Gasteiger charge is -2.17. The Morgan fingerprint density at radius 1 is 1.09 bits per heavy atom. The molecule has 0 aliphatic carbocycles. The first-order chi connectivity index (χ1) is 15.9. The highest BCUT2D eigenvalue weighted by molar-refractivity contribution is 5.75. The first kappa shape index (κ1) is 23.1. The van der Waals surface area contributed by atoms with Gasteiger partial charge in [-0.1, -0.05) is 6.07 Å². The minimum absolute atomic E-state index is 0.0437. The maximum absolute atomic E-state index is 13.4. The number of nitrogens with one attached hydrogen (secondary N) is 3. The zero-order valence-corrected chi connectivity index (χ0v) is 19.3. The van der Waals surface area contributed by atoms with Crippen LogP contribution < -0.4 is 16.2 Å². The summed E-state index contributed by atoms with van der Waals surface area (Å²) in [6.45, 7) is 7.24. The third kappa shape index (κ3) is 5.64. The van der Waals surface area contributed by atoms with Crippen LogP contribution in [-0.4, -0.2) is 39.3 Å². The van der Waals surface area contributed by atoms with E-state index < -0.39 is 0 Å². The van der Waals surface area contributed by atoms with Gasteiger partial charge in [0.1, 0.15) is 5.82 Å². The molecule has 1 amide bonds. The van der Waals surface area contributed by atoms with E-state index in [1.54, 1.807) is 12.1 Å². The number of benzene rings is 1. The molecule has 8 heteroatoms. The van der Waals surface area contributed by atoms with Crippen molar-refractivity contribution in [1.82, 2.24) is 30.9 Å². The first-order valence-electron chi connectivity index (χ1n) is 11.5. The minimum atomic E-state index is -0.283. The van der Waals surface area contributed by atoms with Crippen LogP contribution >= 0.6 is 0 Å². The Bertz CT molecular complexity index is 1070. The molecule has 0 spiro atoms. The highest BCUT2D eigenvalue weighted by Crippen LogP contribution is 2.25. The number of pyridine rings is 1. The van der Waals surface area contributed by atoms with Gasteiger partial charge in [0.05, 0.1) is 23.6 Å². The van der Waals surface area contributed by atoms with Crippen LogP contribution in [0, 0.1) is 18.7 Å². The second-order valence-corrected chi connectivity index (χ2v) is 8.78. The smallest absolute Gasteiger partial charge is 0.220 e. The summed E-state index contributed by atoms with van der Waals surface area (Å²) in [4.78, 5) is 17.0. The maximum Gasteiger partial charge on any atom is 0.220 e. The molecule has 1 aromatic carbocycles. The lowest BCUT2D eigenvalue weighted by atomic mass is 9.91. The summed E-state index contributed by atoms with van der Waals surface area (Å²) in [5, 5.41) is 7.74. The van der Waals surface area contributed by atoms with Crippen molar-refractivity contribution in [3.05, 3.63) is 60.0 Å². The van der Waals surface area contributed by atoms with Crippen LogP contribution in [-0.2, 0) is 11.3 Å². The van der Waals surface area contributed by atoms with Crippen LogP contribution in [0.25, 0.3) is 22.6 Å². The molecular weight excluding hydrogens is 419 g/mol. The fraction of sp³-hybridized carbons (Fsp3) is 0.400. The average Bonchev–Trinajstić information content (AvgIpc) is 3.36. The monoisotopic (exact) mass is 450 g/mol. The van der Waals surface area contributed by atoms with Crippen LogP contribution in [0.5, 0.6) is 0 Å². The van der Waals surface area contributed by atoms with Gasteiger partial charge in [-0.15, -0.1) is 0 Å². The highest BCUT2D eigenvalue weighted by atomic mass is 19.1. The van der Waals surface area contributed by atoms with Crippen molar-refractivity contribution in [1.29, 1.82) is 0 Å². The molecule has 174 valence electrons. The van der Waals surface area contributed by atoms with E-state index in [2.05, 4.69) is 35.0 Å². The van der Waals surface area contributed by atoms with Gasteiger partial charge in [-0.25, -0.2) is 4.39 Å².